The number of fused-ring (bicyclic) bond motifs is 1. The molecule has 4 rings (SSSR count). The maximum absolute atomic E-state index is 12.1. The van der Waals surface area contributed by atoms with Gasteiger partial charge in [-0.1, -0.05) is 54.2 Å². The molecular weight excluding hydrogens is 320 g/mol. The molecule has 0 saturated heterocycles. The van der Waals surface area contributed by atoms with Gasteiger partial charge in [-0.15, -0.1) is 0 Å². The number of rotatable bonds is 6. The summed E-state index contributed by atoms with van der Waals surface area (Å²) >= 11 is 1.33. The smallest absolute Gasteiger partial charge is 0.257 e. The number of thioether (sulfide) groups is 1. The van der Waals surface area contributed by atoms with Gasteiger partial charge in [-0.05, 0) is 30.5 Å². The zero-order valence-corrected chi connectivity index (χ0v) is 14.0. The summed E-state index contributed by atoms with van der Waals surface area (Å²) in [7, 11) is 0. The van der Waals surface area contributed by atoms with Gasteiger partial charge in [-0.2, -0.15) is 0 Å². The molecule has 0 aliphatic heterocycles. The Balaban J connectivity index is 1.31. The van der Waals surface area contributed by atoms with E-state index in [4.69, 9.17) is 4.42 Å². The van der Waals surface area contributed by atoms with Crippen LogP contribution in [0.2, 0.25) is 0 Å². The first-order valence-corrected chi connectivity index (χ1v) is 9.04. The van der Waals surface area contributed by atoms with Crippen LogP contribution in [0.3, 0.4) is 0 Å². The Hall–Kier alpha value is -2.27. The van der Waals surface area contributed by atoms with Crippen LogP contribution < -0.4 is 5.32 Å². The molecule has 3 aromatic rings. The number of carbonyl (C=O) groups is 1. The zero-order valence-electron chi connectivity index (χ0n) is 13.2. The number of hydrogen-bond acceptors (Lipinski definition) is 4. The molecule has 1 N–H and O–H groups in total. The molecule has 0 unspecified atom stereocenters. The van der Waals surface area contributed by atoms with E-state index in [0.717, 1.165) is 23.9 Å². The fourth-order valence-electron chi connectivity index (χ4n) is 2.87. The largest absolute Gasteiger partial charge is 0.431 e. The van der Waals surface area contributed by atoms with E-state index in [0.29, 0.717) is 17.5 Å². The van der Waals surface area contributed by atoms with Crippen molar-refractivity contribution < 1.29 is 9.21 Å². The summed E-state index contributed by atoms with van der Waals surface area (Å²) in [4.78, 5) is 16.5. The van der Waals surface area contributed by atoms with Crippen LogP contribution in [0.5, 0.6) is 0 Å². The Kier molecular flexibility index (Phi) is 4.02. The molecule has 0 radical (unpaired) electrons. The fourth-order valence-corrected chi connectivity index (χ4v) is 3.54. The molecule has 1 saturated carbocycles. The van der Waals surface area contributed by atoms with Gasteiger partial charge in [0.15, 0.2) is 5.58 Å². The van der Waals surface area contributed by atoms with Crippen LogP contribution in [-0.2, 0) is 10.2 Å². The maximum Gasteiger partial charge on any atom is 0.257 e. The van der Waals surface area contributed by atoms with Gasteiger partial charge >= 0.3 is 0 Å². The van der Waals surface area contributed by atoms with Crippen molar-refractivity contribution in [3.63, 3.8) is 0 Å². The average molecular weight is 338 g/mol. The Labute approximate surface area is 144 Å². The highest BCUT2D eigenvalue weighted by Gasteiger charge is 2.44. The number of hydrogen-bond donors (Lipinski definition) is 1. The summed E-state index contributed by atoms with van der Waals surface area (Å²) in [6.45, 7) is 0.698. The van der Waals surface area contributed by atoms with Gasteiger partial charge in [0, 0.05) is 12.0 Å². The highest BCUT2D eigenvalue weighted by molar-refractivity contribution is 7.99. The Morgan fingerprint density at radius 3 is 2.62 bits per heavy atom. The molecule has 2 aromatic carbocycles. The second-order valence-corrected chi connectivity index (χ2v) is 7.09. The fraction of sp³-hybridized carbons (Fsp3) is 0.263. The third kappa shape index (κ3) is 3.17. The summed E-state index contributed by atoms with van der Waals surface area (Å²) in [6.07, 6.45) is 2.27. The molecule has 0 spiro atoms. The Bertz CT molecular complexity index is 823. The van der Waals surface area contributed by atoms with Gasteiger partial charge in [0.05, 0.1) is 5.75 Å². The minimum Gasteiger partial charge on any atom is -0.431 e. The highest BCUT2D eigenvalue weighted by Crippen LogP contribution is 2.47. The van der Waals surface area contributed by atoms with E-state index in [-0.39, 0.29) is 11.3 Å². The standard InChI is InChI=1S/C19H18N2O2S/c22-17(12-24-18-21-15-8-4-5-9-16(15)23-18)20-13-19(10-11-19)14-6-2-1-3-7-14/h1-9H,10-13H2,(H,20,22). The van der Waals surface area contributed by atoms with Crippen LogP contribution >= 0.6 is 11.8 Å². The van der Waals surface area contributed by atoms with Crippen molar-refractivity contribution in [1.82, 2.24) is 10.3 Å². The lowest BCUT2D eigenvalue weighted by molar-refractivity contribution is -0.118. The molecule has 1 fully saturated rings. The minimum absolute atomic E-state index is 0.0180. The van der Waals surface area contributed by atoms with E-state index in [1.807, 2.05) is 30.3 Å². The van der Waals surface area contributed by atoms with Crippen LogP contribution in [-0.4, -0.2) is 23.2 Å². The van der Waals surface area contributed by atoms with E-state index in [9.17, 15) is 4.79 Å². The Morgan fingerprint density at radius 1 is 1.12 bits per heavy atom. The van der Waals surface area contributed by atoms with Crippen molar-refractivity contribution >= 4 is 28.8 Å². The molecule has 1 aliphatic carbocycles. The number of carbonyl (C=O) groups excluding carboxylic acids is 1. The lowest BCUT2D eigenvalue weighted by atomic mass is 9.96. The van der Waals surface area contributed by atoms with Gasteiger partial charge < -0.3 is 9.73 Å². The zero-order chi connectivity index (χ0) is 16.4. The van der Waals surface area contributed by atoms with E-state index in [1.165, 1.54) is 17.3 Å². The molecule has 122 valence electrons. The SMILES string of the molecule is O=C(CSc1nc2ccccc2o1)NCC1(c2ccccc2)CC1. The lowest BCUT2D eigenvalue weighted by Gasteiger charge is -2.16. The predicted molar refractivity (Wildman–Crippen MR) is 95.1 cm³/mol. The monoisotopic (exact) mass is 338 g/mol. The first-order valence-electron chi connectivity index (χ1n) is 8.06. The molecule has 1 aliphatic rings. The van der Waals surface area contributed by atoms with Crippen molar-refractivity contribution in [3.05, 3.63) is 60.2 Å². The van der Waals surface area contributed by atoms with E-state index in [2.05, 4.69) is 34.6 Å². The molecule has 24 heavy (non-hydrogen) atoms. The number of benzene rings is 2. The summed E-state index contributed by atoms with van der Waals surface area (Å²) in [5, 5.41) is 3.60. The number of nitrogens with zero attached hydrogens (tertiary/aromatic N) is 1. The van der Waals surface area contributed by atoms with E-state index in [1.54, 1.807) is 0 Å². The van der Waals surface area contributed by atoms with Crippen molar-refractivity contribution in [3.8, 4) is 0 Å². The van der Waals surface area contributed by atoms with Crippen molar-refractivity contribution in [2.45, 2.75) is 23.5 Å². The number of amides is 1. The molecule has 4 nitrogen and oxygen atoms in total. The molecule has 0 bridgehead atoms. The first-order chi connectivity index (χ1) is 11.8. The van der Waals surface area contributed by atoms with Gasteiger partial charge in [-0.3, -0.25) is 4.79 Å². The average Bonchev–Trinajstić information content (AvgIpc) is 3.30. The summed E-state index contributed by atoms with van der Waals surface area (Å²) < 4.78 is 5.62. The normalized spacial score (nSPS) is 15.3. The quantitative estimate of drug-likeness (QED) is 0.695. The van der Waals surface area contributed by atoms with Crippen LogP contribution in [0.15, 0.2) is 64.2 Å². The number of aromatic nitrogens is 1. The number of nitrogens with one attached hydrogen (secondary N) is 1. The second-order valence-electron chi connectivity index (χ2n) is 6.16. The topological polar surface area (TPSA) is 55.1 Å². The van der Waals surface area contributed by atoms with Crippen molar-refractivity contribution in [2.75, 3.05) is 12.3 Å². The molecule has 1 aromatic heterocycles. The second kappa shape index (κ2) is 6.32. The third-order valence-corrected chi connectivity index (χ3v) is 5.29. The highest BCUT2D eigenvalue weighted by atomic mass is 32.2. The molecule has 1 amide bonds. The molecular formula is C19H18N2O2S. The van der Waals surface area contributed by atoms with Gasteiger partial charge in [0.25, 0.3) is 5.22 Å². The van der Waals surface area contributed by atoms with Crippen molar-refractivity contribution in [1.29, 1.82) is 0 Å². The molecule has 0 atom stereocenters. The van der Waals surface area contributed by atoms with Crippen LogP contribution in [0.25, 0.3) is 11.1 Å². The number of para-hydroxylation sites is 2. The van der Waals surface area contributed by atoms with Crippen LogP contribution in [0.1, 0.15) is 18.4 Å². The van der Waals surface area contributed by atoms with Gasteiger partial charge in [0.2, 0.25) is 5.91 Å². The van der Waals surface area contributed by atoms with E-state index >= 15 is 0 Å². The predicted octanol–water partition coefficient (Wildman–Crippen LogP) is 3.77. The van der Waals surface area contributed by atoms with Gasteiger partial charge in [-0.25, -0.2) is 4.98 Å². The summed E-state index contributed by atoms with van der Waals surface area (Å²) in [5.74, 6) is 0.335. The minimum atomic E-state index is 0.0180. The maximum atomic E-state index is 12.1. The van der Waals surface area contributed by atoms with E-state index < -0.39 is 0 Å². The van der Waals surface area contributed by atoms with Crippen molar-refractivity contribution in [2.24, 2.45) is 0 Å². The molecule has 5 heteroatoms. The Morgan fingerprint density at radius 2 is 1.88 bits per heavy atom. The third-order valence-electron chi connectivity index (χ3n) is 4.46. The van der Waals surface area contributed by atoms with Gasteiger partial charge in [0.1, 0.15) is 5.52 Å². The summed E-state index contributed by atoms with van der Waals surface area (Å²) in [6, 6.07) is 18.0. The number of oxazole rings is 1. The first kappa shape index (κ1) is 15.3. The molecule has 1 heterocycles. The van der Waals surface area contributed by atoms with Crippen LogP contribution in [0, 0.1) is 0 Å². The lowest BCUT2D eigenvalue weighted by Crippen LogP contribution is -2.33. The summed E-state index contributed by atoms with van der Waals surface area (Å²) in [5.41, 5.74) is 3.03. The van der Waals surface area contributed by atoms with Crippen LogP contribution in [0.4, 0.5) is 0 Å².